The lowest BCUT2D eigenvalue weighted by Gasteiger charge is -2.08. The van der Waals surface area contributed by atoms with Crippen LogP contribution in [0.4, 0.5) is 5.69 Å². The largest absolute Gasteiger partial charge is 0.478 e. The molecule has 0 fully saturated rings. The van der Waals surface area contributed by atoms with Crippen LogP contribution in [0.5, 0.6) is 0 Å². The second kappa shape index (κ2) is 5.87. The van der Waals surface area contributed by atoms with E-state index in [9.17, 15) is 9.59 Å². The zero-order valence-electron chi connectivity index (χ0n) is 10.6. The topological polar surface area (TPSA) is 84.2 Å². The molecule has 104 valence electrons. The van der Waals surface area contributed by atoms with Gasteiger partial charge in [0.1, 0.15) is 12.1 Å². The highest BCUT2D eigenvalue weighted by Crippen LogP contribution is 2.21. The van der Waals surface area contributed by atoms with Crippen molar-refractivity contribution in [2.75, 3.05) is 5.32 Å². The SMILES string of the molecule is Cc1c(C(=O)O)cnn1CC(=O)Nc1ccccc1Br. The number of carbonyl (C=O) groups excluding carboxylic acids is 1. The quantitative estimate of drug-likeness (QED) is 0.896. The highest BCUT2D eigenvalue weighted by Gasteiger charge is 2.15. The van der Waals surface area contributed by atoms with E-state index in [0.717, 1.165) is 4.47 Å². The van der Waals surface area contributed by atoms with Crippen molar-refractivity contribution in [1.29, 1.82) is 0 Å². The maximum atomic E-state index is 11.9. The normalized spacial score (nSPS) is 10.3. The van der Waals surface area contributed by atoms with Gasteiger partial charge in [-0.3, -0.25) is 9.48 Å². The van der Waals surface area contributed by atoms with Gasteiger partial charge in [0, 0.05) is 4.47 Å². The fourth-order valence-corrected chi connectivity index (χ4v) is 2.09. The van der Waals surface area contributed by atoms with E-state index in [1.165, 1.54) is 10.9 Å². The minimum atomic E-state index is -1.06. The van der Waals surface area contributed by atoms with E-state index in [2.05, 4.69) is 26.3 Å². The molecule has 6 nitrogen and oxygen atoms in total. The predicted molar refractivity (Wildman–Crippen MR) is 76.7 cm³/mol. The summed E-state index contributed by atoms with van der Waals surface area (Å²) in [5, 5.41) is 15.6. The third-order valence-corrected chi connectivity index (χ3v) is 3.47. The zero-order valence-corrected chi connectivity index (χ0v) is 12.2. The van der Waals surface area contributed by atoms with Crippen LogP contribution >= 0.6 is 15.9 Å². The molecule has 1 heterocycles. The standard InChI is InChI=1S/C13H12BrN3O3/c1-8-9(13(19)20)6-15-17(8)7-12(18)16-11-5-3-2-4-10(11)14/h2-6H,7H2,1H3,(H,16,18)(H,19,20). The van der Waals surface area contributed by atoms with Gasteiger partial charge in [-0.25, -0.2) is 4.79 Å². The van der Waals surface area contributed by atoms with Gasteiger partial charge < -0.3 is 10.4 Å². The van der Waals surface area contributed by atoms with Crippen molar-refractivity contribution in [3.8, 4) is 0 Å². The Labute approximate surface area is 123 Å². The molecule has 7 heteroatoms. The zero-order chi connectivity index (χ0) is 14.7. The summed E-state index contributed by atoms with van der Waals surface area (Å²) < 4.78 is 2.13. The number of aromatic carboxylic acids is 1. The van der Waals surface area contributed by atoms with Crippen LogP contribution in [0, 0.1) is 6.92 Å². The molecule has 1 amide bonds. The number of hydrogen-bond donors (Lipinski definition) is 2. The molecule has 20 heavy (non-hydrogen) atoms. The smallest absolute Gasteiger partial charge is 0.339 e. The van der Waals surface area contributed by atoms with Gasteiger partial charge in [0.25, 0.3) is 0 Å². The van der Waals surface area contributed by atoms with Crippen LogP contribution in [0.3, 0.4) is 0 Å². The summed E-state index contributed by atoms with van der Waals surface area (Å²) in [6, 6.07) is 7.23. The van der Waals surface area contributed by atoms with Crippen LogP contribution in [0.15, 0.2) is 34.9 Å². The number of carboxylic acids is 1. The minimum Gasteiger partial charge on any atom is -0.478 e. The molecular formula is C13H12BrN3O3. The maximum Gasteiger partial charge on any atom is 0.339 e. The van der Waals surface area contributed by atoms with Gasteiger partial charge in [0.2, 0.25) is 5.91 Å². The van der Waals surface area contributed by atoms with Crippen molar-refractivity contribution in [1.82, 2.24) is 9.78 Å². The number of nitrogens with zero attached hydrogens (tertiary/aromatic N) is 2. The number of benzene rings is 1. The first-order chi connectivity index (χ1) is 9.49. The number of rotatable bonds is 4. The molecule has 0 bridgehead atoms. The third-order valence-electron chi connectivity index (χ3n) is 2.77. The number of carbonyl (C=O) groups is 2. The first kappa shape index (κ1) is 14.3. The molecule has 1 aromatic carbocycles. The Bertz CT molecular complexity index is 667. The molecule has 0 unspecified atom stereocenters. The molecule has 0 saturated carbocycles. The first-order valence-corrected chi connectivity index (χ1v) is 6.58. The molecule has 2 N–H and O–H groups in total. The Morgan fingerprint density at radius 1 is 1.40 bits per heavy atom. The molecule has 2 rings (SSSR count). The lowest BCUT2D eigenvalue weighted by molar-refractivity contribution is -0.116. The Morgan fingerprint density at radius 2 is 2.10 bits per heavy atom. The van der Waals surface area contributed by atoms with Crippen LogP contribution in [-0.2, 0) is 11.3 Å². The number of nitrogens with one attached hydrogen (secondary N) is 1. The maximum absolute atomic E-state index is 11.9. The summed E-state index contributed by atoms with van der Waals surface area (Å²) in [5.41, 5.74) is 1.19. The highest BCUT2D eigenvalue weighted by molar-refractivity contribution is 9.10. The number of halogens is 1. The summed E-state index contributed by atoms with van der Waals surface area (Å²) in [7, 11) is 0. The van der Waals surface area contributed by atoms with E-state index in [1.807, 2.05) is 18.2 Å². The average molecular weight is 338 g/mol. The summed E-state index contributed by atoms with van der Waals surface area (Å²) in [4.78, 5) is 22.8. The summed E-state index contributed by atoms with van der Waals surface area (Å²) in [6.07, 6.45) is 1.24. The van der Waals surface area contributed by atoms with Crippen molar-refractivity contribution < 1.29 is 14.7 Å². The Morgan fingerprint density at radius 3 is 2.70 bits per heavy atom. The molecule has 1 aromatic heterocycles. The van der Waals surface area contributed by atoms with Gasteiger partial charge in [-0.15, -0.1) is 0 Å². The van der Waals surface area contributed by atoms with Crippen LogP contribution in [0.1, 0.15) is 16.1 Å². The van der Waals surface area contributed by atoms with Crippen molar-refractivity contribution in [2.45, 2.75) is 13.5 Å². The van der Waals surface area contributed by atoms with Gasteiger partial charge in [-0.05, 0) is 35.0 Å². The second-order valence-corrected chi connectivity index (χ2v) is 4.99. The molecule has 2 aromatic rings. The fourth-order valence-electron chi connectivity index (χ4n) is 1.70. The molecule has 0 aliphatic rings. The van der Waals surface area contributed by atoms with Crippen LogP contribution in [0.2, 0.25) is 0 Å². The fraction of sp³-hybridized carbons (Fsp3) is 0.154. The third kappa shape index (κ3) is 3.05. The van der Waals surface area contributed by atoms with Crippen LogP contribution in [0.25, 0.3) is 0 Å². The van der Waals surface area contributed by atoms with Crippen molar-refractivity contribution in [3.05, 3.63) is 46.2 Å². The Kier molecular flexibility index (Phi) is 4.19. The summed E-state index contributed by atoms with van der Waals surface area (Å²) in [5.74, 6) is -1.33. The predicted octanol–water partition coefficient (Wildman–Crippen LogP) is 2.29. The van der Waals surface area contributed by atoms with Crippen LogP contribution < -0.4 is 5.32 Å². The first-order valence-electron chi connectivity index (χ1n) is 5.79. The van der Waals surface area contributed by atoms with E-state index in [4.69, 9.17) is 5.11 Å². The van der Waals surface area contributed by atoms with Crippen molar-refractivity contribution in [3.63, 3.8) is 0 Å². The van der Waals surface area contributed by atoms with Gasteiger partial charge >= 0.3 is 5.97 Å². The monoisotopic (exact) mass is 337 g/mol. The van der Waals surface area contributed by atoms with Gasteiger partial charge in [-0.2, -0.15) is 5.10 Å². The van der Waals surface area contributed by atoms with E-state index < -0.39 is 5.97 Å². The number of hydrogen-bond acceptors (Lipinski definition) is 3. The van der Waals surface area contributed by atoms with E-state index >= 15 is 0 Å². The summed E-state index contributed by atoms with van der Waals surface area (Å²) in [6.45, 7) is 1.57. The van der Waals surface area contributed by atoms with Gasteiger partial charge in [0.05, 0.1) is 17.6 Å². The second-order valence-electron chi connectivity index (χ2n) is 4.13. The molecule has 0 saturated heterocycles. The molecular weight excluding hydrogens is 326 g/mol. The lowest BCUT2D eigenvalue weighted by Crippen LogP contribution is -2.20. The average Bonchev–Trinajstić information content (AvgIpc) is 2.74. The van der Waals surface area contributed by atoms with E-state index in [-0.39, 0.29) is 18.0 Å². The Hall–Kier alpha value is -2.15. The van der Waals surface area contributed by atoms with E-state index in [0.29, 0.717) is 11.4 Å². The molecule has 0 radical (unpaired) electrons. The number of carboxylic acid groups (broad SMARTS) is 1. The van der Waals surface area contributed by atoms with Crippen molar-refractivity contribution >= 4 is 33.5 Å². The van der Waals surface area contributed by atoms with E-state index in [1.54, 1.807) is 13.0 Å². The highest BCUT2D eigenvalue weighted by atomic mass is 79.9. The minimum absolute atomic E-state index is 0.0412. The molecule has 0 atom stereocenters. The van der Waals surface area contributed by atoms with Gasteiger partial charge in [-0.1, -0.05) is 12.1 Å². The molecule has 0 spiro atoms. The number of anilines is 1. The van der Waals surface area contributed by atoms with Gasteiger partial charge in [0.15, 0.2) is 0 Å². The van der Waals surface area contributed by atoms with Crippen molar-refractivity contribution in [2.24, 2.45) is 0 Å². The number of amides is 1. The molecule has 0 aliphatic heterocycles. The number of aromatic nitrogens is 2. The number of para-hydroxylation sites is 1. The Balaban J connectivity index is 2.09. The summed E-state index contributed by atoms with van der Waals surface area (Å²) >= 11 is 3.33. The van der Waals surface area contributed by atoms with Crippen LogP contribution in [-0.4, -0.2) is 26.8 Å². The lowest BCUT2D eigenvalue weighted by atomic mass is 10.3. The molecule has 0 aliphatic carbocycles.